The first-order valence-electron chi connectivity index (χ1n) is 12.0. The molecule has 1 heteroatoms. The zero-order chi connectivity index (χ0) is 24.0. The van der Waals surface area contributed by atoms with E-state index in [1.54, 1.807) is 0 Å². The molecule has 0 atom stereocenters. The molecule has 0 N–H and O–H groups in total. The Labute approximate surface area is 199 Å². The number of benzene rings is 3. The molecule has 3 aromatic carbocycles. The van der Waals surface area contributed by atoms with Crippen molar-refractivity contribution in [3.63, 3.8) is 0 Å². The van der Waals surface area contributed by atoms with E-state index in [9.17, 15) is 0 Å². The quantitative estimate of drug-likeness (QED) is 0.313. The molecule has 0 amide bonds. The number of aromatic nitrogens is 1. The second kappa shape index (κ2) is 8.45. The summed E-state index contributed by atoms with van der Waals surface area (Å²) >= 11 is 0. The Hall–Kier alpha value is -2.93. The molecule has 170 valence electrons. The lowest BCUT2D eigenvalue weighted by Crippen LogP contribution is -2.10. The van der Waals surface area contributed by atoms with Gasteiger partial charge >= 0.3 is 0 Å². The van der Waals surface area contributed by atoms with E-state index in [-0.39, 0.29) is 10.8 Å². The molecule has 1 nitrogen and oxygen atoms in total. The summed E-state index contributed by atoms with van der Waals surface area (Å²) in [5, 5.41) is 1.26. The van der Waals surface area contributed by atoms with E-state index in [1.807, 2.05) is 0 Å². The van der Waals surface area contributed by atoms with Crippen LogP contribution in [-0.2, 0) is 11.8 Å². The highest BCUT2D eigenvalue weighted by atomic mass is 14.7. The van der Waals surface area contributed by atoms with Crippen LogP contribution in [0.3, 0.4) is 0 Å². The standard InChI is InChI=1S/C32H37N/c1-21-15-22(2)17-25(16-21)30-19-26(20-31(3,4)5)28-18-24(11-14-29(28)33-30)23-9-12-27(13-10-23)32(6,7)8/h9-19H,20H2,1-8H3. The molecule has 1 aromatic heterocycles. The molecule has 0 bridgehead atoms. The number of aryl methyl sites for hydroxylation is 2. The minimum atomic E-state index is 0.163. The fourth-order valence-corrected chi connectivity index (χ4v) is 4.63. The van der Waals surface area contributed by atoms with Gasteiger partial charge in [-0.1, -0.05) is 89.1 Å². The largest absolute Gasteiger partial charge is 0.248 e. The molecule has 4 aromatic rings. The molecule has 0 aliphatic heterocycles. The zero-order valence-electron chi connectivity index (χ0n) is 21.5. The Morgan fingerprint density at radius 2 is 1.24 bits per heavy atom. The van der Waals surface area contributed by atoms with Crippen LogP contribution < -0.4 is 0 Å². The van der Waals surface area contributed by atoms with Crippen molar-refractivity contribution in [1.82, 2.24) is 4.98 Å². The number of hydrogen-bond acceptors (Lipinski definition) is 1. The van der Waals surface area contributed by atoms with E-state index < -0.39 is 0 Å². The minimum Gasteiger partial charge on any atom is -0.248 e. The summed E-state index contributed by atoms with van der Waals surface area (Å²) in [7, 11) is 0. The van der Waals surface area contributed by atoms with Gasteiger partial charge in [-0.25, -0.2) is 4.98 Å². The predicted molar refractivity (Wildman–Crippen MR) is 144 cm³/mol. The maximum absolute atomic E-state index is 5.10. The number of fused-ring (bicyclic) bond motifs is 1. The molecular formula is C32H37N. The first kappa shape index (κ1) is 23.2. The fourth-order valence-electron chi connectivity index (χ4n) is 4.63. The van der Waals surface area contributed by atoms with Crippen molar-refractivity contribution >= 4 is 10.9 Å². The average molecular weight is 436 g/mol. The maximum Gasteiger partial charge on any atom is 0.0712 e. The molecular weight excluding hydrogens is 398 g/mol. The van der Waals surface area contributed by atoms with Crippen molar-refractivity contribution in [2.75, 3.05) is 0 Å². The molecule has 33 heavy (non-hydrogen) atoms. The summed E-state index contributed by atoms with van der Waals surface area (Å²) in [5.74, 6) is 0. The second-order valence-corrected chi connectivity index (χ2v) is 11.8. The van der Waals surface area contributed by atoms with Crippen LogP contribution in [-0.4, -0.2) is 4.98 Å². The van der Waals surface area contributed by atoms with Gasteiger partial charge in [-0.15, -0.1) is 0 Å². The molecule has 0 spiro atoms. The molecule has 0 fully saturated rings. The number of rotatable bonds is 3. The van der Waals surface area contributed by atoms with Crippen LogP contribution in [0.15, 0.2) is 66.7 Å². The molecule has 0 saturated carbocycles. The van der Waals surface area contributed by atoms with Crippen molar-refractivity contribution in [2.24, 2.45) is 5.41 Å². The third-order valence-electron chi connectivity index (χ3n) is 6.22. The molecule has 1 heterocycles. The number of hydrogen-bond donors (Lipinski definition) is 0. The van der Waals surface area contributed by atoms with Crippen LogP contribution in [0, 0.1) is 19.3 Å². The van der Waals surface area contributed by atoms with Gasteiger partial charge in [0.1, 0.15) is 0 Å². The number of nitrogens with zero attached hydrogens (tertiary/aromatic N) is 1. The topological polar surface area (TPSA) is 12.9 Å². The third-order valence-corrected chi connectivity index (χ3v) is 6.22. The van der Waals surface area contributed by atoms with Gasteiger partial charge in [-0.2, -0.15) is 0 Å². The van der Waals surface area contributed by atoms with Crippen LogP contribution in [0.2, 0.25) is 0 Å². The van der Waals surface area contributed by atoms with E-state index in [1.165, 1.54) is 44.3 Å². The maximum atomic E-state index is 5.10. The van der Waals surface area contributed by atoms with Crippen LogP contribution in [0.25, 0.3) is 33.3 Å². The lowest BCUT2D eigenvalue weighted by molar-refractivity contribution is 0.412. The van der Waals surface area contributed by atoms with Crippen molar-refractivity contribution in [2.45, 2.75) is 67.2 Å². The second-order valence-electron chi connectivity index (χ2n) is 11.8. The van der Waals surface area contributed by atoms with Gasteiger partial charge in [-0.05, 0) is 83.7 Å². The number of pyridine rings is 1. The van der Waals surface area contributed by atoms with Crippen LogP contribution in [0.4, 0.5) is 0 Å². The fraction of sp³-hybridized carbons (Fsp3) is 0.344. The first-order valence-corrected chi connectivity index (χ1v) is 12.0. The third kappa shape index (κ3) is 5.36. The summed E-state index contributed by atoms with van der Waals surface area (Å²) in [5.41, 5.74) is 11.5. The highest BCUT2D eigenvalue weighted by Crippen LogP contribution is 2.34. The Bertz CT molecular complexity index is 1280. The summed E-state index contributed by atoms with van der Waals surface area (Å²) in [6, 6.07) is 24.8. The lowest BCUT2D eigenvalue weighted by Gasteiger charge is -2.21. The van der Waals surface area contributed by atoms with Crippen molar-refractivity contribution in [3.8, 4) is 22.4 Å². The molecule has 0 unspecified atom stereocenters. The van der Waals surface area contributed by atoms with Gasteiger partial charge in [-0.3, -0.25) is 0 Å². The highest BCUT2D eigenvalue weighted by Gasteiger charge is 2.17. The summed E-state index contributed by atoms with van der Waals surface area (Å²) in [4.78, 5) is 5.10. The van der Waals surface area contributed by atoms with Crippen LogP contribution in [0.5, 0.6) is 0 Å². The van der Waals surface area contributed by atoms with Gasteiger partial charge in [0.2, 0.25) is 0 Å². The Morgan fingerprint density at radius 3 is 1.82 bits per heavy atom. The molecule has 4 rings (SSSR count). The average Bonchev–Trinajstić information content (AvgIpc) is 2.71. The Balaban J connectivity index is 1.85. The van der Waals surface area contributed by atoms with Gasteiger partial charge in [0.25, 0.3) is 0 Å². The van der Waals surface area contributed by atoms with E-state index in [4.69, 9.17) is 4.98 Å². The van der Waals surface area contributed by atoms with Gasteiger partial charge in [0.05, 0.1) is 11.2 Å². The van der Waals surface area contributed by atoms with Crippen molar-refractivity contribution in [3.05, 3.63) is 89.0 Å². The van der Waals surface area contributed by atoms with Crippen molar-refractivity contribution < 1.29 is 0 Å². The SMILES string of the molecule is Cc1cc(C)cc(-c2cc(CC(C)(C)C)c3cc(-c4ccc(C(C)(C)C)cc4)ccc3n2)c1. The monoisotopic (exact) mass is 435 g/mol. The van der Waals surface area contributed by atoms with E-state index >= 15 is 0 Å². The molecule has 0 radical (unpaired) electrons. The lowest BCUT2D eigenvalue weighted by atomic mass is 9.85. The Morgan fingerprint density at radius 1 is 0.636 bits per heavy atom. The summed E-state index contributed by atoms with van der Waals surface area (Å²) in [6.45, 7) is 18.0. The first-order chi connectivity index (χ1) is 15.4. The van der Waals surface area contributed by atoms with Gasteiger partial charge < -0.3 is 0 Å². The van der Waals surface area contributed by atoms with Crippen LogP contribution in [0.1, 0.15) is 63.8 Å². The normalized spacial score (nSPS) is 12.4. The Kier molecular flexibility index (Phi) is 5.95. The highest BCUT2D eigenvalue weighted by molar-refractivity contribution is 5.89. The van der Waals surface area contributed by atoms with Crippen molar-refractivity contribution in [1.29, 1.82) is 0 Å². The zero-order valence-corrected chi connectivity index (χ0v) is 21.5. The molecule has 0 aliphatic rings. The van der Waals surface area contributed by atoms with Crippen LogP contribution >= 0.6 is 0 Å². The minimum absolute atomic E-state index is 0.163. The van der Waals surface area contributed by atoms with E-state index in [0.29, 0.717) is 0 Å². The summed E-state index contributed by atoms with van der Waals surface area (Å²) < 4.78 is 0. The summed E-state index contributed by atoms with van der Waals surface area (Å²) in [6.07, 6.45) is 1.01. The van der Waals surface area contributed by atoms with Gasteiger partial charge in [0.15, 0.2) is 0 Å². The predicted octanol–water partition coefficient (Wildman–Crippen LogP) is 9.07. The smallest absolute Gasteiger partial charge is 0.0712 e. The van der Waals surface area contributed by atoms with Gasteiger partial charge in [0, 0.05) is 10.9 Å². The molecule has 0 aliphatic carbocycles. The van der Waals surface area contributed by atoms with E-state index in [2.05, 4.69) is 122 Å². The molecule has 0 saturated heterocycles. The van der Waals surface area contributed by atoms with E-state index in [0.717, 1.165) is 17.6 Å².